The molecule has 2 unspecified atom stereocenters. The second-order valence-electron chi connectivity index (χ2n) is 5.14. The highest BCUT2D eigenvalue weighted by molar-refractivity contribution is 7.80. The molecular weight excluding hydrogens is 260 g/mol. The maximum absolute atomic E-state index is 6.01. The third-order valence-electron chi connectivity index (χ3n) is 3.20. The van der Waals surface area contributed by atoms with E-state index in [0.29, 0.717) is 16.4 Å². The first kappa shape index (κ1) is 14.2. The zero-order chi connectivity index (χ0) is 14.0. The first-order valence-electron chi connectivity index (χ1n) is 6.55. The van der Waals surface area contributed by atoms with E-state index in [0.717, 1.165) is 18.5 Å². The summed E-state index contributed by atoms with van der Waals surface area (Å²) >= 11 is 5.04. The van der Waals surface area contributed by atoms with Crippen molar-refractivity contribution in [3.8, 4) is 5.88 Å². The van der Waals surface area contributed by atoms with Gasteiger partial charge in [0, 0.05) is 18.5 Å². The average Bonchev–Trinajstić information content (AvgIpc) is 2.26. The van der Waals surface area contributed by atoms with Gasteiger partial charge in [-0.1, -0.05) is 12.2 Å². The molecule has 5 heteroatoms. The lowest BCUT2D eigenvalue weighted by molar-refractivity contribution is -0.0730. The molecule has 2 atom stereocenters. The number of aryl methyl sites for hydroxylation is 1. The number of rotatable bonds is 3. The minimum Gasteiger partial charge on any atom is -0.474 e. The topological polar surface area (TPSA) is 57.4 Å². The molecule has 0 bridgehead atoms. The van der Waals surface area contributed by atoms with Gasteiger partial charge in [0.05, 0.1) is 17.8 Å². The lowest BCUT2D eigenvalue weighted by Gasteiger charge is -2.32. The summed E-state index contributed by atoms with van der Waals surface area (Å²) in [4.78, 5) is 4.72. The van der Waals surface area contributed by atoms with Crippen molar-refractivity contribution in [2.24, 2.45) is 5.73 Å². The number of hydrogen-bond acceptors (Lipinski definition) is 4. The molecule has 4 nitrogen and oxygen atoms in total. The second-order valence-corrected chi connectivity index (χ2v) is 5.58. The van der Waals surface area contributed by atoms with Crippen LogP contribution in [0.2, 0.25) is 0 Å². The smallest absolute Gasteiger partial charge is 0.224 e. The van der Waals surface area contributed by atoms with Gasteiger partial charge >= 0.3 is 0 Å². The number of thiocarbonyl (C=S) groups is 1. The van der Waals surface area contributed by atoms with Crippen molar-refractivity contribution >= 4 is 17.2 Å². The third-order valence-corrected chi connectivity index (χ3v) is 3.42. The molecule has 2 rings (SSSR count). The van der Waals surface area contributed by atoms with Crippen molar-refractivity contribution in [2.75, 3.05) is 0 Å². The molecule has 1 aliphatic heterocycles. The van der Waals surface area contributed by atoms with Crippen molar-refractivity contribution in [1.29, 1.82) is 0 Å². The lowest BCUT2D eigenvalue weighted by Crippen LogP contribution is -2.36. The summed E-state index contributed by atoms with van der Waals surface area (Å²) in [6.45, 7) is 6.04. The van der Waals surface area contributed by atoms with Gasteiger partial charge in [-0.2, -0.15) is 0 Å². The van der Waals surface area contributed by atoms with E-state index in [1.165, 1.54) is 0 Å². The van der Waals surface area contributed by atoms with Gasteiger partial charge in [-0.15, -0.1) is 0 Å². The Morgan fingerprint density at radius 1 is 1.37 bits per heavy atom. The molecule has 0 aromatic carbocycles. The number of nitrogens with two attached hydrogens (primary N) is 1. The fraction of sp³-hybridized carbons (Fsp3) is 0.571. The minimum atomic E-state index is 0.0983. The average molecular weight is 280 g/mol. The van der Waals surface area contributed by atoms with Crippen LogP contribution < -0.4 is 10.5 Å². The Labute approximate surface area is 119 Å². The first-order chi connectivity index (χ1) is 8.95. The van der Waals surface area contributed by atoms with Crippen LogP contribution in [0.4, 0.5) is 0 Å². The second kappa shape index (κ2) is 5.84. The molecule has 0 radical (unpaired) electrons. The SMILES string of the molecule is Cc1ccc(C(N)=S)c(OC2CC(C)OC(C)C2)n1. The monoisotopic (exact) mass is 280 g/mol. The van der Waals surface area contributed by atoms with E-state index in [2.05, 4.69) is 18.8 Å². The molecule has 1 aliphatic rings. The van der Waals surface area contributed by atoms with E-state index in [4.69, 9.17) is 27.4 Å². The molecule has 0 saturated carbocycles. The number of pyridine rings is 1. The van der Waals surface area contributed by atoms with Gasteiger partial charge < -0.3 is 15.2 Å². The molecule has 0 amide bonds. The standard InChI is InChI=1S/C14H20N2O2S/c1-8-4-5-12(13(15)19)14(16-8)18-11-6-9(2)17-10(3)7-11/h4-5,9-11H,6-7H2,1-3H3,(H2,15,19). The summed E-state index contributed by atoms with van der Waals surface area (Å²) in [5.74, 6) is 0.541. The van der Waals surface area contributed by atoms with Gasteiger partial charge in [-0.3, -0.25) is 0 Å². The van der Waals surface area contributed by atoms with Gasteiger partial charge in [0.2, 0.25) is 5.88 Å². The van der Waals surface area contributed by atoms with E-state index in [-0.39, 0.29) is 18.3 Å². The molecule has 1 saturated heterocycles. The Balaban J connectivity index is 2.18. The number of hydrogen-bond donors (Lipinski definition) is 1. The van der Waals surface area contributed by atoms with E-state index in [9.17, 15) is 0 Å². The van der Waals surface area contributed by atoms with Gasteiger partial charge in [0.15, 0.2) is 0 Å². The summed E-state index contributed by atoms with van der Waals surface area (Å²) in [6.07, 6.45) is 2.22. The van der Waals surface area contributed by atoms with E-state index < -0.39 is 0 Å². The fourth-order valence-electron chi connectivity index (χ4n) is 2.41. The van der Waals surface area contributed by atoms with Crippen LogP contribution in [0.3, 0.4) is 0 Å². The zero-order valence-electron chi connectivity index (χ0n) is 11.6. The molecular formula is C14H20N2O2S. The van der Waals surface area contributed by atoms with Gasteiger partial charge in [0.1, 0.15) is 11.1 Å². The van der Waals surface area contributed by atoms with Crippen LogP contribution in [-0.2, 0) is 4.74 Å². The maximum atomic E-state index is 6.01. The molecule has 2 N–H and O–H groups in total. The van der Waals surface area contributed by atoms with E-state index >= 15 is 0 Å². The van der Waals surface area contributed by atoms with Crippen LogP contribution in [0.25, 0.3) is 0 Å². The summed E-state index contributed by atoms with van der Waals surface area (Å²) in [6, 6.07) is 3.75. The first-order valence-corrected chi connectivity index (χ1v) is 6.96. The molecule has 1 aromatic heterocycles. The molecule has 104 valence electrons. The summed E-state index contributed by atoms with van der Waals surface area (Å²) in [5, 5.41) is 0. The molecule has 2 heterocycles. The highest BCUT2D eigenvalue weighted by Crippen LogP contribution is 2.25. The van der Waals surface area contributed by atoms with Crippen LogP contribution in [0.1, 0.15) is 37.9 Å². The Bertz CT molecular complexity index is 469. The fourth-order valence-corrected chi connectivity index (χ4v) is 2.56. The molecule has 0 spiro atoms. The lowest BCUT2D eigenvalue weighted by atomic mass is 10.0. The largest absolute Gasteiger partial charge is 0.474 e. The van der Waals surface area contributed by atoms with Crippen LogP contribution in [0.5, 0.6) is 5.88 Å². The predicted molar refractivity (Wildman–Crippen MR) is 78.5 cm³/mol. The summed E-state index contributed by atoms with van der Waals surface area (Å²) in [5.41, 5.74) is 7.30. The Hall–Kier alpha value is -1.20. The molecule has 19 heavy (non-hydrogen) atoms. The van der Waals surface area contributed by atoms with Gasteiger partial charge in [0.25, 0.3) is 0 Å². The predicted octanol–water partition coefficient (Wildman–Crippen LogP) is 2.36. The van der Waals surface area contributed by atoms with Gasteiger partial charge in [-0.05, 0) is 32.9 Å². The van der Waals surface area contributed by atoms with Crippen molar-refractivity contribution in [3.05, 3.63) is 23.4 Å². The number of aromatic nitrogens is 1. The number of nitrogens with zero attached hydrogens (tertiary/aromatic N) is 1. The summed E-state index contributed by atoms with van der Waals surface area (Å²) < 4.78 is 11.7. The zero-order valence-corrected chi connectivity index (χ0v) is 12.4. The van der Waals surface area contributed by atoms with Crippen molar-refractivity contribution in [3.63, 3.8) is 0 Å². The Kier molecular flexibility index (Phi) is 4.37. The van der Waals surface area contributed by atoms with Crippen LogP contribution in [0, 0.1) is 6.92 Å². The Morgan fingerprint density at radius 2 is 2.00 bits per heavy atom. The summed E-state index contributed by atoms with van der Waals surface area (Å²) in [7, 11) is 0. The van der Waals surface area contributed by atoms with E-state index in [1.807, 2.05) is 19.1 Å². The maximum Gasteiger partial charge on any atom is 0.224 e. The quantitative estimate of drug-likeness (QED) is 0.861. The van der Waals surface area contributed by atoms with Crippen molar-refractivity contribution < 1.29 is 9.47 Å². The van der Waals surface area contributed by atoms with Crippen LogP contribution in [0.15, 0.2) is 12.1 Å². The highest BCUT2D eigenvalue weighted by Gasteiger charge is 2.27. The minimum absolute atomic E-state index is 0.0983. The molecule has 1 fully saturated rings. The molecule has 1 aromatic rings. The number of ether oxygens (including phenoxy) is 2. The normalized spacial score (nSPS) is 27.0. The Morgan fingerprint density at radius 3 is 2.58 bits per heavy atom. The molecule has 0 aliphatic carbocycles. The third kappa shape index (κ3) is 3.64. The van der Waals surface area contributed by atoms with Crippen LogP contribution in [-0.4, -0.2) is 28.3 Å². The van der Waals surface area contributed by atoms with Crippen LogP contribution >= 0.6 is 12.2 Å². The highest BCUT2D eigenvalue weighted by atomic mass is 32.1. The van der Waals surface area contributed by atoms with E-state index in [1.54, 1.807) is 0 Å². The van der Waals surface area contributed by atoms with Gasteiger partial charge in [-0.25, -0.2) is 4.98 Å². The van der Waals surface area contributed by atoms with Crippen molar-refractivity contribution in [1.82, 2.24) is 4.98 Å². The van der Waals surface area contributed by atoms with Crippen molar-refractivity contribution in [2.45, 2.75) is 51.9 Å².